The van der Waals surface area contributed by atoms with Crippen molar-refractivity contribution >= 4 is 12.4 Å². The molecule has 0 saturated carbocycles. The number of aryl methyl sites for hydroxylation is 1. The van der Waals surface area contributed by atoms with Gasteiger partial charge in [0.1, 0.15) is 17.1 Å². The van der Waals surface area contributed by atoms with Gasteiger partial charge in [-0.25, -0.2) is 4.79 Å². The summed E-state index contributed by atoms with van der Waals surface area (Å²) in [5, 5.41) is 0. The van der Waals surface area contributed by atoms with Crippen LogP contribution in [-0.4, -0.2) is 29.9 Å². The Morgan fingerprint density at radius 2 is 1.89 bits per heavy atom. The summed E-state index contributed by atoms with van der Waals surface area (Å²) in [4.78, 5) is 24.7. The molecule has 0 bridgehead atoms. The number of likely N-dealkylation sites (N-methyl/N-ethyl adjacent to an activating group) is 1. The van der Waals surface area contributed by atoms with Crippen LogP contribution in [-0.2, 0) is 15.1 Å². The number of carbonyl (C=O) groups is 2. The fourth-order valence-electron chi connectivity index (χ4n) is 1.53. The molecule has 106 valence electrons. The smallest absolute Gasteiger partial charge is 0.411 e. The lowest BCUT2D eigenvalue weighted by atomic mass is 9.99. The molecule has 1 rings (SSSR count). The fraction of sp³-hybridized carbons (Fsp3) is 0.571. The molecular weight excluding hydrogens is 246 g/mol. The lowest BCUT2D eigenvalue weighted by Crippen LogP contribution is -2.48. The van der Waals surface area contributed by atoms with Crippen LogP contribution in [0.4, 0.5) is 4.79 Å². The molecule has 0 fully saturated rings. The van der Waals surface area contributed by atoms with Crippen molar-refractivity contribution in [1.29, 1.82) is 0 Å². The zero-order valence-electron chi connectivity index (χ0n) is 12.3. The minimum atomic E-state index is -1.18. The van der Waals surface area contributed by atoms with Gasteiger partial charge >= 0.3 is 6.09 Å². The van der Waals surface area contributed by atoms with Gasteiger partial charge < -0.3 is 13.9 Å². The van der Waals surface area contributed by atoms with Gasteiger partial charge in [0.2, 0.25) is 0 Å². The number of carbonyl (C=O) groups excluding carboxylic acids is 2. The Labute approximate surface area is 113 Å². The van der Waals surface area contributed by atoms with Gasteiger partial charge in [0.05, 0.1) is 0 Å². The molecule has 5 nitrogen and oxygen atoms in total. The first-order valence-electron chi connectivity index (χ1n) is 6.10. The van der Waals surface area contributed by atoms with E-state index in [9.17, 15) is 9.59 Å². The van der Waals surface area contributed by atoms with Crippen LogP contribution in [0.2, 0.25) is 0 Å². The van der Waals surface area contributed by atoms with Gasteiger partial charge in [0.25, 0.3) is 0 Å². The van der Waals surface area contributed by atoms with Crippen LogP contribution in [0, 0.1) is 6.92 Å². The summed E-state index contributed by atoms with van der Waals surface area (Å²) in [6.07, 6.45) is 0.103. The van der Waals surface area contributed by atoms with Crippen molar-refractivity contribution in [3.8, 4) is 0 Å². The third kappa shape index (κ3) is 3.36. The summed E-state index contributed by atoms with van der Waals surface area (Å²) in [6.45, 7) is 8.71. The summed E-state index contributed by atoms with van der Waals surface area (Å²) in [6, 6.07) is 3.44. The summed E-state index contributed by atoms with van der Waals surface area (Å²) in [7, 11) is 1.51. The Morgan fingerprint density at radius 3 is 2.26 bits per heavy atom. The first kappa shape index (κ1) is 15.3. The maximum atomic E-state index is 12.0. The average molecular weight is 267 g/mol. The molecule has 1 aromatic rings. The standard InChI is InChI=1S/C14H21NO4/c1-10-7-8-11(18-10)14(5,9-16)15(6)12(17)19-13(2,3)4/h7-9H,1-6H3. The van der Waals surface area contributed by atoms with Crippen LogP contribution in [0.25, 0.3) is 0 Å². The highest BCUT2D eigenvalue weighted by atomic mass is 16.6. The predicted octanol–water partition coefficient (Wildman–Crippen LogP) is 2.87. The predicted molar refractivity (Wildman–Crippen MR) is 70.9 cm³/mol. The SMILES string of the molecule is Cc1ccc(C(C)(C=O)N(C)C(=O)OC(C)(C)C)o1. The van der Waals surface area contributed by atoms with Crippen LogP contribution < -0.4 is 0 Å². The van der Waals surface area contributed by atoms with Crippen LogP contribution in [0.15, 0.2) is 16.5 Å². The van der Waals surface area contributed by atoms with Crippen LogP contribution in [0.5, 0.6) is 0 Å². The molecule has 1 aromatic heterocycles. The van der Waals surface area contributed by atoms with Gasteiger partial charge in [0, 0.05) is 7.05 Å². The molecule has 1 heterocycles. The topological polar surface area (TPSA) is 59.8 Å². The summed E-state index contributed by atoms with van der Waals surface area (Å²) < 4.78 is 10.7. The van der Waals surface area contributed by atoms with E-state index in [1.807, 2.05) is 0 Å². The Hall–Kier alpha value is -1.78. The maximum Gasteiger partial charge on any atom is 0.411 e. The monoisotopic (exact) mass is 267 g/mol. The van der Waals surface area contributed by atoms with E-state index in [4.69, 9.17) is 9.15 Å². The molecule has 1 amide bonds. The highest BCUT2D eigenvalue weighted by molar-refractivity contribution is 5.77. The highest BCUT2D eigenvalue weighted by Gasteiger charge is 2.39. The van der Waals surface area contributed by atoms with Gasteiger partial charge in [-0.05, 0) is 46.8 Å². The summed E-state index contributed by atoms with van der Waals surface area (Å²) in [5.74, 6) is 1.09. The second-order valence-corrected chi connectivity index (χ2v) is 5.72. The van der Waals surface area contributed by atoms with E-state index in [0.717, 1.165) is 0 Å². The molecular formula is C14H21NO4. The van der Waals surface area contributed by atoms with Crippen molar-refractivity contribution in [2.45, 2.75) is 45.8 Å². The molecule has 5 heteroatoms. The largest absolute Gasteiger partial charge is 0.463 e. The zero-order chi connectivity index (χ0) is 14.8. The normalized spacial score (nSPS) is 14.6. The molecule has 0 spiro atoms. The number of furan rings is 1. The molecule has 0 N–H and O–H groups in total. The van der Waals surface area contributed by atoms with E-state index in [2.05, 4.69) is 0 Å². The van der Waals surface area contributed by atoms with E-state index in [1.165, 1.54) is 11.9 Å². The molecule has 1 unspecified atom stereocenters. The maximum absolute atomic E-state index is 12.0. The van der Waals surface area contributed by atoms with Crippen molar-refractivity contribution in [3.05, 3.63) is 23.7 Å². The number of aldehydes is 1. The minimum Gasteiger partial charge on any atom is -0.463 e. The molecule has 0 aromatic carbocycles. The van der Waals surface area contributed by atoms with Crippen molar-refractivity contribution in [2.75, 3.05) is 7.05 Å². The Morgan fingerprint density at radius 1 is 1.32 bits per heavy atom. The number of hydrogen-bond acceptors (Lipinski definition) is 4. The first-order valence-corrected chi connectivity index (χ1v) is 6.10. The van der Waals surface area contributed by atoms with Crippen molar-refractivity contribution in [2.24, 2.45) is 0 Å². The van der Waals surface area contributed by atoms with Crippen LogP contribution in [0.1, 0.15) is 39.2 Å². The second kappa shape index (κ2) is 5.07. The Bertz CT molecular complexity index is 472. The first-order chi connectivity index (χ1) is 8.60. The lowest BCUT2D eigenvalue weighted by molar-refractivity contribution is -0.118. The fourth-order valence-corrected chi connectivity index (χ4v) is 1.53. The average Bonchev–Trinajstić information content (AvgIpc) is 2.72. The number of rotatable bonds is 3. The number of amides is 1. The van der Waals surface area contributed by atoms with Crippen LogP contribution in [0.3, 0.4) is 0 Å². The van der Waals surface area contributed by atoms with Gasteiger partial charge in [-0.2, -0.15) is 0 Å². The molecule has 0 radical (unpaired) electrons. The van der Waals surface area contributed by atoms with Gasteiger partial charge in [-0.15, -0.1) is 0 Å². The van der Waals surface area contributed by atoms with Crippen LogP contribution >= 0.6 is 0 Å². The van der Waals surface area contributed by atoms with E-state index < -0.39 is 17.2 Å². The summed E-state index contributed by atoms with van der Waals surface area (Å²) in [5.41, 5.74) is -1.80. The number of hydrogen-bond donors (Lipinski definition) is 0. The minimum absolute atomic E-state index is 0.411. The molecule has 1 atom stereocenters. The lowest BCUT2D eigenvalue weighted by Gasteiger charge is -2.33. The highest BCUT2D eigenvalue weighted by Crippen LogP contribution is 2.28. The van der Waals surface area contributed by atoms with Crippen molar-refractivity contribution in [3.63, 3.8) is 0 Å². The molecule has 0 saturated heterocycles. The van der Waals surface area contributed by atoms with E-state index in [0.29, 0.717) is 17.8 Å². The van der Waals surface area contributed by atoms with E-state index in [1.54, 1.807) is 46.8 Å². The number of ether oxygens (including phenoxy) is 1. The zero-order valence-corrected chi connectivity index (χ0v) is 12.3. The number of nitrogens with zero attached hydrogens (tertiary/aromatic N) is 1. The van der Waals surface area contributed by atoms with Gasteiger partial charge in [-0.1, -0.05) is 0 Å². The van der Waals surface area contributed by atoms with E-state index in [-0.39, 0.29) is 0 Å². The quantitative estimate of drug-likeness (QED) is 0.790. The second-order valence-electron chi connectivity index (χ2n) is 5.72. The third-order valence-electron chi connectivity index (χ3n) is 2.83. The third-order valence-corrected chi connectivity index (χ3v) is 2.83. The summed E-state index contributed by atoms with van der Waals surface area (Å²) >= 11 is 0. The molecule has 0 aliphatic rings. The van der Waals surface area contributed by atoms with E-state index >= 15 is 0 Å². The Kier molecular flexibility index (Phi) is 4.08. The van der Waals surface area contributed by atoms with Gasteiger partial charge in [-0.3, -0.25) is 4.90 Å². The Balaban J connectivity index is 3.02. The van der Waals surface area contributed by atoms with Gasteiger partial charge in [0.15, 0.2) is 11.8 Å². The molecule has 0 aliphatic heterocycles. The molecule has 0 aliphatic carbocycles. The van der Waals surface area contributed by atoms with Crippen molar-refractivity contribution in [1.82, 2.24) is 4.90 Å². The molecule has 19 heavy (non-hydrogen) atoms. The van der Waals surface area contributed by atoms with Crippen molar-refractivity contribution < 1.29 is 18.7 Å².